The number of pyridine rings is 1. The number of aromatic nitrogens is 1. The second-order valence-corrected chi connectivity index (χ2v) is 17.1. The normalized spacial score (nSPS) is 25.0. The SMILES string of the molecule is C[C@@H]1CN(C)c2cc(S(=O)(=O)N3CCC4(CC3)C[C@@H](NC[C@H](O)COc3cccc(S(=O)(=O)C5(CO)CC5)c3)CO4)cnc2O1. The highest BCUT2D eigenvalue weighted by molar-refractivity contribution is 7.93. The van der Waals surface area contributed by atoms with Gasteiger partial charge in [-0.2, -0.15) is 4.31 Å². The third-order valence-corrected chi connectivity index (χ3v) is 13.8. The van der Waals surface area contributed by atoms with Gasteiger partial charge in [0.05, 0.1) is 41.2 Å². The lowest BCUT2D eigenvalue weighted by Crippen LogP contribution is -2.47. The van der Waals surface area contributed by atoms with Gasteiger partial charge in [0.25, 0.3) is 0 Å². The van der Waals surface area contributed by atoms with Gasteiger partial charge in [0, 0.05) is 32.7 Å². The number of sulfonamides is 1. The van der Waals surface area contributed by atoms with Crippen molar-refractivity contribution in [1.29, 1.82) is 0 Å². The Bertz CT molecular complexity index is 1610. The molecule has 0 bridgehead atoms. The van der Waals surface area contributed by atoms with Crippen molar-refractivity contribution in [2.45, 2.75) is 77.4 Å². The fraction of sp³-hybridized carbons (Fsp3) is 0.633. The van der Waals surface area contributed by atoms with Crippen LogP contribution in [-0.2, 0) is 24.6 Å². The van der Waals surface area contributed by atoms with Crippen LogP contribution in [0.4, 0.5) is 5.69 Å². The van der Waals surface area contributed by atoms with Crippen molar-refractivity contribution in [2.24, 2.45) is 0 Å². The Balaban J connectivity index is 0.970. The Morgan fingerprint density at radius 3 is 2.60 bits per heavy atom. The van der Waals surface area contributed by atoms with E-state index < -0.39 is 42.9 Å². The number of hydrogen-bond donors (Lipinski definition) is 3. The van der Waals surface area contributed by atoms with E-state index in [0.717, 1.165) is 0 Å². The summed E-state index contributed by atoms with van der Waals surface area (Å²) in [7, 11) is -5.51. The highest BCUT2D eigenvalue weighted by Crippen LogP contribution is 2.46. The van der Waals surface area contributed by atoms with Gasteiger partial charge >= 0.3 is 0 Å². The van der Waals surface area contributed by atoms with E-state index in [2.05, 4.69) is 10.3 Å². The predicted octanol–water partition coefficient (Wildman–Crippen LogP) is 0.939. The zero-order valence-electron chi connectivity index (χ0n) is 25.6. The van der Waals surface area contributed by atoms with Crippen molar-refractivity contribution >= 4 is 25.5 Å². The molecule has 3 atom stereocenters. The Morgan fingerprint density at radius 2 is 1.89 bits per heavy atom. The molecule has 1 aromatic heterocycles. The minimum Gasteiger partial charge on any atom is -0.491 e. The minimum absolute atomic E-state index is 0.00716. The number of aliphatic hydroxyl groups is 2. The Morgan fingerprint density at radius 1 is 1.13 bits per heavy atom. The molecule has 1 saturated carbocycles. The summed E-state index contributed by atoms with van der Waals surface area (Å²) < 4.78 is 70.8. The van der Waals surface area contributed by atoms with Gasteiger partial charge in [0.1, 0.15) is 35.1 Å². The fourth-order valence-corrected chi connectivity index (χ4v) is 9.68. The summed E-state index contributed by atoms with van der Waals surface area (Å²) in [6, 6.07) is 7.77. The first-order valence-corrected chi connectivity index (χ1v) is 18.3. The minimum atomic E-state index is -3.73. The van der Waals surface area contributed by atoms with E-state index in [1.807, 2.05) is 18.9 Å². The summed E-state index contributed by atoms with van der Waals surface area (Å²) in [4.78, 5) is 6.49. The number of likely N-dealkylation sites (N-methyl/N-ethyl adjacent to an activating group) is 1. The van der Waals surface area contributed by atoms with Crippen molar-refractivity contribution < 1.29 is 41.3 Å². The number of nitrogens with one attached hydrogen (secondary N) is 1. The van der Waals surface area contributed by atoms with Crippen molar-refractivity contribution in [3.8, 4) is 11.6 Å². The largest absolute Gasteiger partial charge is 0.491 e. The number of nitrogens with zero attached hydrogens (tertiary/aromatic N) is 3. The summed E-state index contributed by atoms with van der Waals surface area (Å²) >= 11 is 0. The van der Waals surface area contributed by atoms with Crippen LogP contribution in [0, 0.1) is 0 Å². The number of ether oxygens (including phenoxy) is 3. The van der Waals surface area contributed by atoms with E-state index in [9.17, 15) is 27.0 Å². The monoisotopic (exact) mass is 666 g/mol. The average Bonchev–Trinajstić information content (AvgIpc) is 3.75. The first kappa shape index (κ1) is 32.4. The van der Waals surface area contributed by atoms with Crippen LogP contribution in [0.2, 0.25) is 0 Å². The van der Waals surface area contributed by atoms with E-state index in [0.29, 0.717) is 75.7 Å². The molecular weight excluding hydrogens is 624 g/mol. The standard InChI is InChI=1S/C30H42N4O9S2/c1-21-17-33(2)27-13-26(16-32-28(27)43-21)45(39,40)34-10-8-29(9-11-34)14-22(18-42-29)31-15-23(36)19-41-24-4-3-5-25(12-24)44(37,38)30(20-35)6-7-30/h3-5,12-13,16,21-23,31,35-36H,6-11,14-15,17-20H2,1-2H3/t21-,22-,23+/m1/s1. The van der Waals surface area contributed by atoms with Crippen LogP contribution >= 0.6 is 0 Å². The summed E-state index contributed by atoms with van der Waals surface area (Å²) in [5.74, 6) is 0.766. The van der Waals surface area contributed by atoms with Crippen LogP contribution in [0.1, 0.15) is 39.0 Å². The lowest BCUT2D eigenvalue weighted by atomic mass is 9.88. The molecule has 2 saturated heterocycles. The number of rotatable bonds is 11. The van der Waals surface area contributed by atoms with Crippen LogP contribution in [0.3, 0.4) is 0 Å². The lowest BCUT2D eigenvalue weighted by molar-refractivity contribution is -0.0312. The molecule has 3 fully saturated rings. The molecule has 0 unspecified atom stereocenters. The first-order chi connectivity index (χ1) is 21.4. The molecule has 3 N–H and O–H groups in total. The zero-order chi connectivity index (χ0) is 32.0. The van der Waals surface area contributed by atoms with Crippen molar-refractivity contribution in [2.75, 3.05) is 57.9 Å². The average molecular weight is 667 g/mol. The first-order valence-electron chi connectivity index (χ1n) is 15.4. The highest BCUT2D eigenvalue weighted by atomic mass is 32.2. The van der Waals surface area contributed by atoms with Gasteiger partial charge in [-0.25, -0.2) is 21.8 Å². The maximum absolute atomic E-state index is 13.5. The van der Waals surface area contributed by atoms with Crippen LogP contribution in [0.25, 0.3) is 0 Å². The molecule has 4 aliphatic rings. The van der Waals surface area contributed by atoms with Crippen LogP contribution < -0.4 is 19.7 Å². The van der Waals surface area contributed by atoms with Crippen molar-refractivity contribution in [3.63, 3.8) is 0 Å². The van der Waals surface area contributed by atoms with Crippen molar-refractivity contribution in [1.82, 2.24) is 14.6 Å². The van der Waals surface area contributed by atoms with Gasteiger partial charge in [-0.1, -0.05) is 6.07 Å². The van der Waals surface area contributed by atoms with E-state index in [1.165, 1.54) is 22.6 Å². The summed E-state index contributed by atoms with van der Waals surface area (Å²) in [6.07, 6.45) is 3.18. The lowest BCUT2D eigenvalue weighted by Gasteiger charge is -2.38. The highest BCUT2D eigenvalue weighted by Gasteiger charge is 2.54. The fourth-order valence-electron chi connectivity index (χ4n) is 6.43. The van der Waals surface area contributed by atoms with Crippen LogP contribution in [0.5, 0.6) is 11.6 Å². The number of hydrogen-bond acceptors (Lipinski definition) is 12. The van der Waals surface area contributed by atoms with Gasteiger partial charge < -0.3 is 34.6 Å². The maximum atomic E-state index is 13.5. The van der Waals surface area contributed by atoms with Crippen molar-refractivity contribution in [3.05, 3.63) is 36.5 Å². The van der Waals surface area contributed by atoms with Gasteiger partial charge in [-0.05, 0) is 63.3 Å². The maximum Gasteiger partial charge on any atom is 0.244 e. The molecular formula is C30H42N4O9S2. The molecule has 248 valence electrons. The molecule has 3 aliphatic heterocycles. The number of aliphatic hydroxyl groups excluding tert-OH is 2. The number of sulfone groups is 1. The molecule has 15 heteroatoms. The van der Waals surface area contributed by atoms with E-state index >= 15 is 0 Å². The molecule has 0 radical (unpaired) electrons. The second kappa shape index (κ2) is 12.2. The number of anilines is 1. The second-order valence-electron chi connectivity index (χ2n) is 12.8. The number of piperidine rings is 1. The molecule has 13 nitrogen and oxygen atoms in total. The Hall–Kier alpha value is -2.53. The van der Waals surface area contributed by atoms with Gasteiger partial charge in [0.15, 0.2) is 9.84 Å². The van der Waals surface area contributed by atoms with Gasteiger partial charge in [-0.3, -0.25) is 0 Å². The quantitative estimate of drug-likeness (QED) is 0.311. The summed E-state index contributed by atoms with van der Waals surface area (Å²) in [6.45, 7) is 3.51. The van der Waals surface area contributed by atoms with Gasteiger partial charge in [-0.15, -0.1) is 0 Å². The smallest absolute Gasteiger partial charge is 0.244 e. The van der Waals surface area contributed by atoms with E-state index in [1.54, 1.807) is 18.2 Å². The molecule has 1 aromatic carbocycles. The van der Waals surface area contributed by atoms with Gasteiger partial charge in [0.2, 0.25) is 15.9 Å². The summed E-state index contributed by atoms with van der Waals surface area (Å²) in [5, 5.41) is 23.4. The third kappa shape index (κ3) is 6.40. The number of benzene rings is 1. The molecule has 1 aliphatic carbocycles. The third-order valence-electron chi connectivity index (χ3n) is 9.41. The van der Waals surface area contributed by atoms with E-state index in [4.69, 9.17) is 14.2 Å². The summed E-state index contributed by atoms with van der Waals surface area (Å²) in [5.41, 5.74) is 0.234. The molecule has 6 rings (SSSR count). The Kier molecular flexibility index (Phi) is 8.82. The molecule has 2 aromatic rings. The molecule has 45 heavy (non-hydrogen) atoms. The van der Waals surface area contributed by atoms with E-state index in [-0.39, 0.29) is 35.1 Å². The molecule has 1 spiro atoms. The topological polar surface area (TPSA) is 168 Å². The van der Waals surface area contributed by atoms with Crippen LogP contribution in [0.15, 0.2) is 46.3 Å². The number of fused-ring (bicyclic) bond motifs is 1. The Labute approximate surface area is 264 Å². The molecule has 4 heterocycles. The predicted molar refractivity (Wildman–Crippen MR) is 165 cm³/mol. The zero-order valence-corrected chi connectivity index (χ0v) is 27.2. The van der Waals surface area contributed by atoms with Crippen LogP contribution in [-0.4, -0.2) is 118 Å². The molecule has 0 amide bonds.